The molecule has 2 heterocycles. The Balaban J connectivity index is 1.79. The fourth-order valence-corrected chi connectivity index (χ4v) is 3.93. The quantitative estimate of drug-likeness (QED) is 0.739. The van der Waals surface area contributed by atoms with Crippen LogP contribution < -0.4 is 0 Å². The molecule has 4 nitrogen and oxygen atoms in total. The summed E-state index contributed by atoms with van der Waals surface area (Å²) in [5, 5.41) is 20.2. The normalized spacial score (nSPS) is 54.0. The van der Waals surface area contributed by atoms with Gasteiger partial charge >= 0.3 is 0 Å². The van der Waals surface area contributed by atoms with Gasteiger partial charge in [-0.15, -0.1) is 0 Å². The Morgan fingerprint density at radius 3 is 2.72 bits per heavy atom. The van der Waals surface area contributed by atoms with Crippen molar-refractivity contribution in [1.82, 2.24) is 0 Å². The molecule has 1 aliphatic carbocycles. The van der Waals surface area contributed by atoms with E-state index in [1.165, 1.54) is 0 Å². The summed E-state index contributed by atoms with van der Waals surface area (Å²) in [6.07, 6.45) is 3.78. The van der Waals surface area contributed by atoms with E-state index in [4.69, 9.17) is 9.47 Å². The number of hydrogen-bond donors (Lipinski definition) is 2. The Hall–Kier alpha value is -0.160. The van der Waals surface area contributed by atoms with Crippen molar-refractivity contribution < 1.29 is 19.7 Å². The van der Waals surface area contributed by atoms with Crippen molar-refractivity contribution in [2.75, 3.05) is 6.61 Å². The Morgan fingerprint density at radius 1 is 1.28 bits per heavy atom. The van der Waals surface area contributed by atoms with Gasteiger partial charge in [0.15, 0.2) is 0 Å². The van der Waals surface area contributed by atoms with E-state index in [1.54, 1.807) is 0 Å². The van der Waals surface area contributed by atoms with Crippen LogP contribution in [0.3, 0.4) is 0 Å². The van der Waals surface area contributed by atoms with Crippen LogP contribution in [0.1, 0.15) is 39.5 Å². The first kappa shape index (κ1) is 12.9. The molecule has 0 aromatic carbocycles. The van der Waals surface area contributed by atoms with Crippen LogP contribution in [0.25, 0.3) is 0 Å². The molecule has 0 aromatic heterocycles. The Labute approximate surface area is 108 Å². The molecule has 3 aliphatic rings. The molecule has 7 atom stereocenters. The van der Waals surface area contributed by atoms with Gasteiger partial charge in [0.2, 0.25) is 0 Å². The van der Waals surface area contributed by atoms with Crippen LogP contribution in [0.15, 0.2) is 0 Å². The SMILES string of the molecule is CCCC[C@@H]1C[C@]2(CO)[C@H](O1)[C@@H](O)[C@@H](C)[C@H]1O[C@H]12. The highest BCUT2D eigenvalue weighted by Crippen LogP contribution is 2.58. The number of ether oxygens (including phenoxy) is 2. The molecule has 0 aromatic rings. The zero-order chi connectivity index (χ0) is 12.9. The molecule has 18 heavy (non-hydrogen) atoms. The Bertz CT molecular complexity index is 321. The molecule has 104 valence electrons. The van der Waals surface area contributed by atoms with Crippen LogP contribution in [-0.2, 0) is 9.47 Å². The minimum Gasteiger partial charge on any atom is -0.396 e. The third-order valence-corrected chi connectivity index (χ3v) is 5.15. The summed E-state index contributed by atoms with van der Waals surface area (Å²) < 4.78 is 11.8. The lowest BCUT2D eigenvalue weighted by atomic mass is 9.66. The second-order valence-electron chi connectivity index (χ2n) is 6.29. The molecule has 0 bridgehead atoms. The lowest BCUT2D eigenvalue weighted by Gasteiger charge is -2.39. The van der Waals surface area contributed by atoms with E-state index >= 15 is 0 Å². The third kappa shape index (κ3) is 1.66. The molecule has 2 saturated heterocycles. The number of epoxide rings is 1. The number of rotatable bonds is 4. The number of aliphatic hydroxyl groups excluding tert-OH is 2. The molecule has 3 fully saturated rings. The second kappa shape index (κ2) is 4.44. The summed E-state index contributed by atoms with van der Waals surface area (Å²) >= 11 is 0. The number of fused-ring (bicyclic) bond motifs is 3. The molecular formula is C14H24O4. The summed E-state index contributed by atoms with van der Waals surface area (Å²) in [5.41, 5.74) is -0.352. The van der Waals surface area contributed by atoms with Crippen LogP contribution in [0.2, 0.25) is 0 Å². The van der Waals surface area contributed by atoms with Crippen molar-refractivity contribution in [3.05, 3.63) is 0 Å². The van der Waals surface area contributed by atoms with Crippen molar-refractivity contribution >= 4 is 0 Å². The molecule has 0 spiro atoms. The molecule has 2 N–H and O–H groups in total. The van der Waals surface area contributed by atoms with Gasteiger partial charge in [-0.1, -0.05) is 26.7 Å². The Morgan fingerprint density at radius 2 is 2.06 bits per heavy atom. The van der Waals surface area contributed by atoms with E-state index < -0.39 is 6.10 Å². The van der Waals surface area contributed by atoms with E-state index in [2.05, 4.69) is 6.92 Å². The molecular weight excluding hydrogens is 232 g/mol. The van der Waals surface area contributed by atoms with Gasteiger partial charge in [0, 0.05) is 5.92 Å². The minimum atomic E-state index is -0.507. The summed E-state index contributed by atoms with van der Waals surface area (Å²) in [5.74, 6) is 0.115. The maximum atomic E-state index is 10.4. The summed E-state index contributed by atoms with van der Waals surface area (Å²) in [4.78, 5) is 0. The zero-order valence-corrected chi connectivity index (χ0v) is 11.2. The lowest BCUT2D eigenvalue weighted by molar-refractivity contribution is -0.114. The zero-order valence-electron chi connectivity index (χ0n) is 11.2. The largest absolute Gasteiger partial charge is 0.396 e. The fourth-order valence-electron chi connectivity index (χ4n) is 3.93. The average Bonchev–Trinajstić information content (AvgIpc) is 3.10. The van der Waals surface area contributed by atoms with Crippen LogP contribution >= 0.6 is 0 Å². The molecule has 0 unspecified atom stereocenters. The van der Waals surface area contributed by atoms with Gasteiger partial charge in [0.25, 0.3) is 0 Å². The summed E-state index contributed by atoms with van der Waals surface area (Å²) in [7, 11) is 0. The van der Waals surface area contributed by atoms with Gasteiger partial charge in [-0.25, -0.2) is 0 Å². The van der Waals surface area contributed by atoms with Crippen LogP contribution in [0, 0.1) is 11.3 Å². The van der Waals surface area contributed by atoms with Crippen LogP contribution in [0.4, 0.5) is 0 Å². The minimum absolute atomic E-state index is 0.0608. The molecule has 0 amide bonds. The smallest absolute Gasteiger partial charge is 0.0950 e. The van der Waals surface area contributed by atoms with E-state index in [9.17, 15) is 10.2 Å². The van der Waals surface area contributed by atoms with Gasteiger partial charge in [0.05, 0.1) is 42.5 Å². The maximum absolute atomic E-state index is 10.4. The predicted octanol–water partition coefficient (Wildman–Crippen LogP) is 1.09. The topological polar surface area (TPSA) is 62.2 Å². The van der Waals surface area contributed by atoms with E-state index in [0.29, 0.717) is 0 Å². The third-order valence-electron chi connectivity index (χ3n) is 5.15. The number of aliphatic hydroxyl groups is 2. The van der Waals surface area contributed by atoms with Crippen molar-refractivity contribution in [2.24, 2.45) is 11.3 Å². The average molecular weight is 256 g/mol. The lowest BCUT2D eigenvalue weighted by Crippen LogP contribution is -2.54. The molecule has 1 saturated carbocycles. The van der Waals surface area contributed by atoms with Gasteiger partial charge in [0.1, 0.15) is 0 Å². The fraction of sp³-hybridized carbons (Fsp3) is 1.00. The first-order valence-electron chi connectivity index (χ1n) is 7.24. The second-order valence-corrected chi connectivity index (χ2v) is 6.29. The van der Waals surface area contributed by atoms with Gasteiger partial charge < -0.3 is 19.7 Å². The summed E-state index contributed by atoms with van der Waals surface area (Å²) in [6, 6.07) is 0. The first-order chi connectivity index (χ1) is 8.64. The summed E-state index contributed by atoms with van der Waals surface area (Å²) in [6.45, 7) is 4.24. The molecule has 3 rings (SSSR count). The molecule has 2 aliphatic heterocycles. The van der Waals surface area contributed by atoms with Crippen molar-refractivity contribution in [2.45, 2.75) is 70.1 Å². The van der Waals surface area contributed by atoms with Crippen LogP contribution in [-0.4, -0.2) is 47.3 Å². The van der Waals surface area contributed by atoms with E-state index in [-0.39, 0.29) is 42.4 Å². The van der Waals surface area contributed by atoms with Crippen molar-refractivity contribution in [3.8, 4) is 0 Å². The molecule has 0 radical (unpaired) electrons. The highest BCUT2D eigenvalue weighted by molar-refractivity contribution is 5.17. The highest BCUT2D eigenvalue weighted by atomic mass is 16.6. The predicted molar refractivity (Wildman–Crippen MR) is 66.2 cm³/mol. The molecule has 4 heteroatoms. The van der Waals surface area contributed by atoms with E-state index in [1.807, 2.05) is 6.92 Å². The van der Waals surface area contributed by atoms with Crippen molar-refractivity contribution in [3.63, 3.8) is 0 Å². The monoisotopic (exact) mass is 256 g/mol. The van der Waals surface area contributed by atoms with Gasteiger partial charge in [-0.05, 0) is 12.8 Å². The first-order valence-corrected chi connectivity index (χ1v) is 7.24. The standard InChI is InChI=1S/C14H24O4/c1-3-4-5-9-6-14(7-15)12(17-9)10(16)8(2)11-13(14)18-11/h8-13,15-16H,3-7H2,1-2H3/t8-,9-,10+,11-,12-,13-,14+/m1/s1. The maximum Gasteiger partial charge on any atom is 0.0950 e. The Kier molecular flexibility index (Phi) is 3.17. The van der Waals surface area contributed by atoms with E-state index in [0.717, 1.165) is 25.7 Å². The number of unbranched alkanes of at least 4 members (excludes halogenated alkanes) is 1. The number of hydrogen-bond acceptors (Lipinski definition) is 4. The van der Waals surface area contributed by atoms with Crippen molar-refractivity contribution in [1.29, 1.82) is 0 Å². The van der Waals surface area contributed by atoms with Gasteiger partial charge in [-0.2, -0.15) is 0 Å². The highest BCUT2D eigenvalue weighted by Gasteiger charge is 2.70. The van der Waals surface area contributed by atoms with Crippen LogP contribution in [0.5, 0.6) is 0 Å². The van der Waals surface area contributed by atoms with Gasteiger partial charge in [-0.3, -0.25) is 0 Å².